The summed E-state index contributed by atoms with van der Waals surface area (Å²) in [6.07, 6.45) is 0.909. The number of nitrogens with zero attached hydrogens (tertiary/aromatic N) is 2. The molecule has 0 aliphatic carbocycles. The molecule has 0 aromatic carbocycles. The highest BCUT2D eigenvalue weighted by Crippen LogP contribution is 1.99. The highest BCUT2D eigenvalue weighted by atomic mass is 16.4. The van der Waals surface area contributed by atoms with Crippen LogP contribution >= 0.6 is 0 Å². The van der Waals surface area contributed by atoms with E-state index < -0.39 is 23.8 Å². The molecule has 0 aliphatic rings. The molecule has 0 unspecified atom stereocenters. The summed E-state index contributed by atoms with van der Waals surface area (Å²) in [7, 11) is 0. The molecule has 0 bridgehead atoms. The average Bonchev–Trinajstić information content (AvgIpc) is 2.76. The summed E-state index contributed by atoms with van der Waals surface area (Å²) in [6, 6.07) is -1.19. The predicted octanol–water partition coefficient (Wildman–Crippen LogP) is -1.75. The number of H-pyrrole nitrogens is 1. The lowest BCUT2D eigenvalue weighted by molar-refractivity contribution is -0.139. The van der Waals surface area contributed by atoms with E-state index in [1.54, 1.807) is 0 Å². The van der Waals surface area contributed by atoms with Crippen LogP contribution in [-0.4, -0.2) is 44.1 Å². The molecule has 1 rings (SSSR count). The molecule has 5 N–H and O–H groups in total. The van der Waals surface area contributed by atoms with Crippen molar-refractivity contribution in [3.05, 3.63) is 12.2 Å². The number of carboxylic acid groups (broad SMARTS) is 1. The number of hydrogen-bond donors (Lipinski definition) is 4. The number of carbonyl (C=O) groups is 3. The van der Waals surface area contributed by atoms with Crippen LogP contribution in [0, 0.1) is 0 Å². The molecule has 1 aromatic rings. The minimum absolute atomic E-state index is 0.0788. The second-order valence-corrected chi connectivity index (χ2v) is 3.20. The van der Waals surface area contributed by atoms with Gasteiger partial charge in [0.1, 0.15) is 12.4 Å². The Bertz CT molecular complexity index is 416. The highest BCUT2D eigenvalue weighted by Gasteiger charge is 2.22. The van der Waals surface area contributed by atoms with E-state index >= 15 is 0 Å². The number of rotatable bonds is 6. The van der Waals surface area contributed by atoms with Gasteiger partial charge in [-0.3, -0.25) is 14.7 Å². The van der Waals surface area contributed by atoms with Gasteiger partial charge >= 0.3 is 5.97 Å². The van der Waals surface area contributed by atoms with Gasteiger partial charge in [-0.2, -0.15) is 5.10 Å². The Kier molecular flexibility index (Phi) is 4.14. The molecule has 9 heteroatoms. The van der Waals surface area contributed by atoms with Crippen LogP contribution in [0.25, 0.3) is 0 Å². The zero-order chi connectivity index (χ0) is 12.8. The molecule has 9 nitrogen and oxygen atoms in total. The Morgan fingerprint density at radius 1 is 1.53 bits per heavy atom. The summed E-state index contributed by atoms with van der Waals surface area (Å²) in [5, 5.41) is 16.8. The topological polar surface area (TPSA) is 151 Å². The van der Waals surface area contributed by atoms with E-state index in [1.165, 1.54) is 0 Å². The number of carboxylic acids is 1. The van der Waals surface area contributed by atoms with E-state index in [4.69, 9.17) is 10.8 Å². The third-order valence-electron chi connectivity index (χ3n) is 1.91. The molecule has 0 spiro atoms. The maximum absolute atomic E-state index is 11.4. The first-order valence-corrected chi connectivity index (χ1v) is 4.68. The van der Waals surface area contributed by atoms with Crippen molar-refractivity contribution in [3.63, 3.8) is 0 Å². The Balaban J connectivity index is 2.58. The first-order valence-electron chi connectivity index (χ1n) is 4.68. The predicted molar refractivity (Wildman–Crippen MR) is 53.7 cm³/mol. The fourth-order valence-corrected chi connectivity index (χ4v) is 1.09. The van der Waals surface area contributed by atoms with Gasteiger partial charge in [-0.15, -0.1) is 0 Å². The molecule has 2 amide bonds. The standard InChI is InChI=1S/C8H11N5O4/c9-5(14)2-1-4(8(16)17)12-7(15)6-10-3-11-13-6/h3-4H,1-2H2,(H2,9,14)(H,12,15)(H,16,17)(H,10,11,13)/t4-/m1/s1. The van der Waals surface area contributed by atoms with Gasteiger partial charge in [-0.25, -0.2) is 9.78 Å². The van der Waals surface area contributed by atoms with Crippen LogP contribution in [0.4, 0.5) is 0 Å². The lowest BCUT2D eigenvalue weighted by Crippen LogP contribution is -2.41. The molecule has 92 valence electrons. The molecular formula is C8H11N5O4. The maximum atomic E-state index is 11.4. The number of nitrogens with one attached hydrogen (secondary N) is 2. The summed E-state index contributed by atoms with van der Waals surface area (Å²) < 4.78 is 0. The van der Waals surface area contributed by atoms with Crippen molar-refractivity contribution in [2.75, 3.05) is 0 Å². The Morgan fingerprint density at radius 3 is 2.71 bits per heavy atom. The molecule has 0 saturated heterocycles. The van der Waals surface area contributed by atoms with Gasteiger partial charge in [0, 0.05) is 6.42 Å². The van der Waals surface area contributed by atoms with Crippen molar-refractivity contribution in [2.24, 2.45) is 5.73 Å². The zero-order valence-corrected chi connectivity index (χ0v) is 8.71. The van der Waals surface area contributed by atoms with Crippen molar-refractivity contribution in [3.8, 4) is 0 Å². The van der Waals surface area contributed by atoms with Crippen LogP contribution in [0.5, 0.6) is 0 Å². The molecule has 0 fully saturated rings. The lowest BCUT2D eigenvalue weighted by Gasteiger charge is -2.12. The van der Waals surface area contributed by atoms with Crippen molar-refractivity contribution < 1.29 is 19.5 Å². The van der Waals surface area contributed by atoms with Gasteiger partial charge < -0.3 is 16.2 Å². The Labute approximate surface area is 95.4 Å². The molecule has 1 aromatic heterocycles. The first-order chi connectivity index (χ1) is 8.00. The molecule has 0 radical (unpaired) electrons. The van der Waals surface area contributed by atoms with Gasteiger partial charge in [0.2, 0.25) is 11.7 Å². The minimum atomic E-state index is -1.25. The van der Waals surface area contributed by atoms with Crippen LogP contribution in [0.1, 0.15) is 23.5 Å². The summed E-state index contributed by atoms with van der Waals surface area (Å²) in [5.41, 5.74) is 4.89. The summed E-state index contributed by atoms with van der Waals surface area (Å²) in [6.45, 7) is 0. The van der Waals surface area contributed by atoms with Crippen molar-refractivity contribution in [2.45, 2.75) is 18.9 Å². The molecule has 0 saturated carbocycles. The Morgan fingerprint density at radius 2 is 2.24 bits per heavy atom. The highest BCUT2D eigenvalue weighted by molar-refractivity contribution is 5.93. The average molecular weight is 241 g/mol. The van der Waals surface area contributed by atoms with Gasteiger partial charge in [-0.1, -0.05) is 0 Å². The van der Waals surface area contributed by atoms with Crippen LogP contribution in [-0.2, 0) is 9.59 Å². The monoisotopic (exact) mass is 241 g/mol. The number of hydrogen-bond acceptors (Lipinski definition) is 5. The summed E-state index contributed by atoms with van der Waals surface area (Å²) in [5.74, 6) is -2.70. The van der Waals surface area contributed by atoms with Gasteiger partial charge in [0.15, 0.2) is 0 Å². The zero-order valence-electron chi connectivity index (χ0n) is 8.71. The summed E-state index contributed by atoms with van der Waals surface area (Å²) in [4.78, 5) is 36.3. The van der Waals surface area contributed by atoms with E-state index in [1.807, 2.05) is 0 Å². The normalized spacial score (nSPS) is 11.8. The van der Waals surface area contributed by atoms with E-state index in [2.05, 4.69) is 20.5 Å². The molecule has 1 atom stereocenters. The van der Waals surface area contributed by atoms with Crippen molar-refractivity contribution in [1.82, 2.24) is 20.5 Å². The minimum Gasteiger partial charge on any atom is -0.480 e. The van der Waals surface area contributed by atoms with Crippen molar-refractivity contribution >= 4 is 17.8 Å². The van der Waals surface area contributed by atoms with E-state index in [-0.39, 0.29) is 18.7 Å². The second-order valence-electron chi connectivity index (χ2n) is 3.20. The molecule has 17 heavy (non-hydrogen) atoms. The number of amides is 2. The largest absolute Gasteiger partial charge is 0.480 e. The lowest BCUT2D eigenvalue weighted by atomic mass is 10.1. The van der Waals surface area contributed by atoms with Crippen LogP contribution < -0.4 is 11.1 Å². The van der Waals surface area contributed by atoms with Gasteiger partial charge in [0.05, 0.1) is 0 Å². The number of primary amides is 1. The quantitative estimate of drug-likeness (QED) is 0.463. The fraction of sp³-hybridized carbons (Fsp3) is 0.375. The first kappa shape index (κ1) is 12.6. The number of aromatic amines is 1. The van der Waals surface area contributed by atoms with Crippen molar-refractivity contribution in [1.29, 1.82) is 0 Å². The Hall–Kier alpha value is -2.45. The third kappa shape index (κ3) is 3.89. The molecule has 0 aliphatic heterocycles. The second kappa shape index (κ2) is 5.58. The molecule has 1 heterocycles. The van der Waals surface area contributed by atoms with Crippen LogP contribution in [0.3, 0.4) is 0 Å². The number of nitrogens with two attached hydrogens (primary N) is 1. The number of aromatic nitrogens is 3. The fourth-order valence-electron chi connectivity index (χ4n) is 1.09. The maximum Gasteiger partial charge on any atom is 0.326 e. The number of carbonyl (C=O) groups excluding carboxylic acids is 2. The van der Waals surface area contributed by atoms with E-state index in [0.29, 0.717) is 0 Å². The van der Waals surface area contributed by atoms with Gasteiger partial charge in [-0.05, 0) is 6.42 Å². The SMILES string of the molecule is NC(=O)CC[C@@H](NC(=O)c1ncn[nH]1)C(=O)O. The molecular weight excluding hydrogens is 230 g/mol. The smallest absolute Gasteiger partial charge is 0.326 e. The third-order valence-corrected chi connectivity index (χ3v) is 1.91. The van der Waals surface area contributed by atoms with Crippen LogP contribution in [0.2, 0.25) is 0 Å². The van der Waals surface area contributed by atoms with Gasteiger partial charge in [0.25, 0.3) is 5.91 Å². The number of aliphatic carboxylic acids is 1. The van der Waals surface area contributed by atoms with E-state index in [0.717, 1.165) is 6.33 Å². The van der Waals surface area contributed by atoms with E-state index in [9.17, 15) is 14.4 Å². The van der Waals surface area contributed by atoms with Crippen LogP contribution in [0.15, 0.2) is 6.33 Å². The summed E-state index contributed by atoms with van der Waals surface area (Å²) >= 11 is 0.